The highest BCUT2D eigenvalue weighted by atomic mass is 16.5. The van der Waals surface area contributed by atoms with Crippen molar-refractivity contribution in [3.63, 3.8) is 0 Å². The van der Waals surface area contributed by atoms with Crippen molar-refractivity contribution in [2.75, 3.05) is 19.7 Å². The first-order chi connectivity index (χ1) is 12.3. The molecule has 0 aliphatic rings. The molecule has 0 amide bonds. The molecule has 0 unspecified atom stereocenters. The van der Waals surface area contributed by atoms with Crippen LogP contribution in [0.3, 0.4) is 0 Å². The van der Waals surface area contributed by atoms with Gasteiger partial charge in [-0.1, -0.05) is 13.0 Å². The average Bonchev–Trinajstić information content (AvgIpc) is 3.15. The molecule has 2 rings (SSSR count). The lowest BCUT2D eigenvalue weighted by Gasteiger charge is -2.12. The van der Waals surface area contributed by atoms with E-state index in [1.54, 1.807) is 12.4 Å². The fourth-order valence-electron chi connectivity index (χ4n) is 2.26. The quantitative estimate of drug-likeness (QED) is 0.393. The molecule has 2 aromatic heterocycles. The number of nitrogens with one attached hydrogen (secondary N) is 2. The third kappa shape index (κ3) is 6.82. The molecule has 0 saturated heterocycles. The molecule has 7 nitrogen and oxygen atoms in total. The van der Waals surface area contributed by atoms with E-state index in [-0.39, 0.29) is 0 Å². The van der Waals surface area contributed by atoms with Gasteiger partial charge < -0.3 is 15.4 Å². The van der Waals surface area contributed by atoms with Crippen molar-refractivity contribution in [3.8, 4) is 5.88 Å². The number of guanidine groups is 1. The maximum Gasteiger partial charge on any atom is 0.218 e. The molecule has 0 aliphatic carbocycles. The lowest BCUT2D eigenvalue weighted by Crippen LogP contribution is -2.38. The Hall–Kier alpha value is -2.57. The maximum atomic E-state index is 5.69. The van der Waals surface area contributed by atoms with E-state index in [2.05, 4.69) is 39.6 Å². The minimum atomic E-state index is 0.529. The Kier molecular flexibility index (Phi) is 8.31. The second kappa shape index (κ2) is 11.1. The van der Waals surface area contributed by atoms with Crippen molar-refractivity contribution in [2.45, 2.75) is 39.8 Å². The number of ether oxygens (including phenoxy) is 1. The summed E-state index contributed by atoms with van der Waals surface area (Å²) in [5.74, 6) is 1.47. The summed E-state index contributed by atoms with van der Waals surface area (Å²) >= 11 is 0. The number of aliphatic imine (C=N–C) groups is 1. The van der Waals surface area contributed by atoms with Crippen LogP contribution in [0.1, 0.15) is 32.3 Å². The van der Waals surface area contributed by atoms with Crippen LogP contribution in [0.2, 0.25) is 0 Å². The van der Waals surface area contributed by atoms with Crippen LogP contribution in [0, 0.1) is 0 Å². The second-order valence-corrected chi connectivity index (χ2v) is 5.56. The number of nitrogens with zero attached hydrogens (tertiary/aromatic N) is 4. The Morgan fingerprint density at radius 1 is 1.24 bits per heavy atom. The molecule has 2 N–H and O–H groups in total. The number of hydrogen-bond acceptors (Lipinski definition) is 4. The molecule has 0 radical (unpaired) electrons. The van der Waals surface area contributed by atoms with E-state index in [1.807, 2.05) is 29.1 Å². The van der Waals surface area contributed by atoms with E-state index in [1.165, 1.54) is 0 Å². The van der Waals surface area contributed by atoms with Crippen LogP contribution in [0.4, 0.5) is 0 Å². The number of aromatic nitrogens is 3. The zero-order chi connectivity index (χ0) is 17.7. The van der Waals surface area contributed by atoms with Crippen LogP contribution < -0.4 is 15.4 Å². The molecular formula is C18H28N6O. The van der Waals surface area contributed by atoms with Gasteiger partial charge in [0.2, 0.25) is 5.88 Å². The largest absolute Gasteiger partial charge is 0.477 e. The van der Waals surface area contributed by atoms with Gasteiger partial charge in [0.15, 0.2) is 5.96 Å². The highest BCUT2D eigenvalue weighted by Gasteiger charge is 2.05. The summed E-state index contributed by atoms with van der Waals surface area (Å²) in [7, 11) is 0. The van der Waals surface area contributed by atoms with Gasteiger partial charge in [-0.3, -0.25) is 4.68 Å². The number of hydrogen-bond donors (Lipinski definition) is 2. The molecule has 0 aromatic carbocycles. The monoisotopic (exact) mass is 344 g/mol. The first-order valence-electron chi connectivity index (χ1n) is 8.89. The lowest BCUT2D eigenvalue weighted by molar-refractivity contribution is 0.302. The SMILES string of the molecule is CCCOc1ncccc1CN=C(NCC)NCCCn1cccn1. The van der Waals surface area contributed by atoms with Gasteiger partial charge in [-0.15, -0.1) is 0 Å². The van der Waals surface area contributed by atoms with Crippen LogP contribution in [0.25, 0.3) is 0 Å². The molecule has 0 aliphatic heterocycles. The first-order valence-corrected chi connectivity index (χ1v) is 8.89. The van der Waals surface area contributed by atoms with Crippen molar-refractivity contribution in [1.29, 1.82) is 0 Å². The molecule has 7 heteroatoms. The van der Waals surface area contributed by atoms with E-state index < -0.39 is 0 Å². The smallest absolute Gasteiger partial charge is 0.218 e. The molecule has 0 atom stereocenters. The third-order valence-electron chi connectivity index (χ3n) is 3.46. The predicted molar refractivity (Wildman–Crippen MR) is 99.7 cm³/mol. The lowest BCUT2D eigenvalue weighted by atomic mass is 10.3. The van der Waals surface area contributed by atoms with Crippen molar-refractivity contribution in [1.82, 2.24) is 25.4 Å². The van der Waals surface area contributed by atoms with Crippen LogP contribution in [-0.2, 0) is 13.1 Å². The molecule has 2 heterocycles. The van der Waals surface area contributed by atoms with Gasteiger partial charge in [0.25, 0.3) is 0 Å². The van der Waals surface area contributed by atoms with Gasteiger partial charge in [0.1, 0.15) is 0 Å². The first kappa shape index (κ1) is 18.8. The van der Waals surface area contributed by atoms with Crippen LogP contribution in [0.5, 0.6) is 5.88 Å². The molecular weight excluding hydrogens is 316 g/mol. The van der Waals surface area contributed by atoms with E-state index in [9.17, 15) is 0 Å². The Bertz CT molecular complexity index is 626. The van der Waals surface area contributed by atoms with Crippen molar-refractivity contribution >= 4 is 5.96 Å². The average molecular weight is 344 g/mol. The van der Waals surface area contributed by atoms with Gasteiger partial charge in [0.05, 0.1) is 13.2 Å². The summed E-state index contributed by atoms with van der Waals surface area (Å²) in [5.41, 5.74) is 0.990. The Labute approximate surface area is 149 Å². The number of pyridine rings is 1. The van der Waals surface area contributed by atoms with E-state index in [0.29, 0.717) is 19.0 Å². The molecule has 136 valence electrons. The van der Waals surface area contributed by atoms with Crippen molar-refractivity contribution in [3.05, 3.63) is 42.4 Å². The van der Waals surface area contributed by atoms with Gasteiger partial charge in [-0.2, -0.15) is 5.10 Å². The summed E-state index contributed by atoms with van der Waals surface area (Å²) < 4.78 is 7.62. The zero-order valence-corrected chi connectivity index (χ0v) is 15.1. The minimum absolute atomic E-state index is 0.529. The van der Waals surface area contributed by atoms with Gasteiger partial charge >= 0.3 is 0 Å². The van der Waals surface area contributed by atoms with E-state index >= 15 is 0 Å². The zero-order valence-electron chi connectivity index (χ0n) is 15.1. The molecule has 0 saturated carbocycles. The summed E-state index contributed by atoms with van der Waals surface area (Å²) in [6.07, 6.45) is 7.45. The normalized spacial score (nSPS) is 11.4. The van der Waals surface area contributed by atoms with Crippen LogP contribution in [-0.4, -0.2) is 40.4 Å². The van der Waals surface area contributed by atoms with Crippen molar-refractivity contribution < 1.29 is 4.74 Å². The minimum Gasteiger partial charge on any atom is -0.477 e. The van der Waals surface area contributed by atoms with Crippen molar-refractivity contribution in [2.24, 2.45) is 4.99 Å². The van der Waals surface area contributed by atoms with Gasteiger partial charge in [0, 0.05) is 43.8 Å². The number of rotatable bonds is 10. The predicted octanol–water partition coefficient (Wildman–Crippen LogP) is 2.21. The second-order valence-electron chi connectivity index (χ2n) is 5.56. The van der Waals surface area contributed by atoms with Gasteiger partial charge in [-0.05, 0) is 31.9 Å². The summed E-state index contributed by atoms with van der Waals surface area (Å²) in [6, 6.07) is 5.85. The molecule has 0 bridgehead atoms. The Morgan fingerprint density at radius 3 is 2.92 bits per heavy atom. The molecule has 25 heavy (non-hydrogen) atoms. The van der Waals surface area contributed by atoms with Gasteiger partial charge in [-0.25, -0.2) is 9.98 Å². The summed E-state index contributed by atoms with van der Waals surface area (Å²) in [4.78, 5) is 8.94. The van der Waals surface area contributed by atoms with E-state index in [0.717, 1.165) is 44.0 Å². The third-order valence-corrected chi connectivity index (χ3v) is 3.46. The maximum absolute atomic E-state index is 5.69. The highest BCUT2D eigenvalue weighted by molar-refractivity contribution is 5.79. The molecule has 2 aromatic rings. The fraction of sp³-hybridized carbons (Fsp3) is 0.500. The van der Waals surface area contributed by atoms with E-state index in [4.69, 9.17) is 4.74 Å². The van der Waals surface area contributed by atoms with Crippen LogP contribution in [0.15, 0.2) is 41.8 Å². The highest BCUT2D eigenvalue weighted by Crippen LogP contribution is 2.15. The number of aryl methyl sites for hydroxylation is 1. The van der Waals surface area contributed by atoms with Crippen LogP contribution >= 0.6 is 0 Å². The Morgan fingerprint density at radius 2 is 2.16 bits per heavy atom. The molecule has 0 fully saturated rings. The Balaban J connectivity index is 1.86. The summed E-state index contributed by atoms with van der Waals surface area (Å²) in [6.45, 7) is 7.87. The molecule has 0 spiro atoms. The topological polar surface area (TPSA) is 76.4 Å². The summed E-state index contributed by atoms with van der Waals surface area (Å²) in [5, 5.41) is 10.8. The fourth-order valence-corrected chi connectivity index (χ4v) is 2.26. The standard InChI is InChI=1S/C18H28N6O/c1-3-14-25-17-16(8-5-9-20-17)15-22-18(19-4-2)21-10-6-12-24-13-7-11-23-24/h5,7-9,11,13H,3-4,6,10,12,14-15H2,1-2H3,(H2,19,21,22).